The molecule has 0 aromatic rings. The zero-order chi connectivity index (χ0) is 17.4. The van der Waals surface area contributed by atoms with Crippen molar-refractivity contribution >= 4 is 23.5 Å². The van der Waals surface area contributed by atoms with Crippen LogP contribution in [0.15, 0.2) is 0 Å². The summed E-state index contributed by atoms with van der Waals surface area (Å²) in [7, 11) is 0. The standard InChI is InChI=1S/2C8H14O3.Cu/c2*1-2-3-4-5-7(9)6-8(10)11;/h2*2-6H2,1H3,(H,10,11);/q;;+2/p-2. The van der Waals surface area contributed by atoms with E-state index in [1.54, 1.807) is 0 Å². The number of ketones is 2. The van der Waals surface area contributed by atoms with Crippen molar-refractivity contribution < 1.29 is 46.5 Å². The van der Waals surface area contributed by atoms with E-state index in [0.717, 1.165) is 38.5 Å². The van der Waals surface area contributed by atoms with Crippen molar-refractivity contribution in [3.63, 3.8) is 0 Å². The Morgan fingerprint density at radius 2 is 0.957 bits per heavy atom. The van der Waals surface area contributed by atoms with Crippen LogP contribution in [-0.4, -0.2) is 23.5 Å². The predicted molar refractivity (Wildman–Crippen MR) is 77.5 cm³/mol. The first-order valence-corrected chi connectivity index (χ1v) is 7.76. The van der Waals surface area contributed by atoms with Gasteiger partial charge in [0.1, 0.15) is 11.6 Å². The zero-order valence-corrected chi connectivity index (χ0v) is 14.8. The summed E-state index contributed by atoms with van der Waals surface area (Å²) in [4.78, 5) is 41.2. The largest absolute Gasteiger partial charge is 2.00 e. The van der Waals surface area contributed by atoms with Crippen LogP contribution in [0.5, 0.6) is 0 Å². The summed E-state index contributed by atoms with van der Waals surface area (Å²) in [5, 5.41) is 19.8. The molecule has 0 bridgehead atoms. The van der Waals surface area contributed by atoms with Gasteiger partial charge >= 0.3 is 17.1 Å². The van der Waals surface area contributed by atoms with Gasteiger partial charge in [-0.3, -0.25) is 9.59 Å². The Labute approximate surface area is 148 Å². The van der Waals surface area contributed by atoms with Gasteiger partial charge in [-0.15, -0.1) is 0 Å². The second-order valence-electron chi connectivity index (χ2n) is 5.09. The number of Topliss-reactive ketones (excluding diaryl/α,β-unsaturated/α-hetero) is 2. The van der Waals surface area contributed by atoms with Gasteiger partial charge in [0.15, 0.2) is 0 Å². The summed E-state index contributed by atoms with van der Waals surface area (Å²) >= 11 is 0. The van der Waals surface area contributed by atoms with Gasteiger partial charge in [-0.25, -0.2) is 0 Å². The van der Waals surface area contributed by atoms with Gasteiger partial charge in [-0.2, -0.15) is 0 Å². The maximum Gasteiger partial charge on any atom is 2.00 e. The van der Waals surface area contributed by atoms with Crippen molar-refractivity contribution in [2.45, 2.75) is 78.1 Å². The minimum Gasteiger partial charge on any atom is -0.550 e. The molecule has 0 N–H and O–H groups in total. The normalized spacial score (nSPS) is 9.13. The molecule has 0 atom stereocenters. The number of hydrogen-bond donors (Lipinski definition) is 0. The van der Waals surface area contributed by atoms with Crippen LogP contribution in [0.4, 0.5) is 0 Å². The molecule has 7 heteroatoms. The Balaban J connectivity index is -0.000000333. The van der Waals surface area contributed by atoms with Crippen molar-refractivity contribution in [1.29, 1.82) is 0 Å². The van der Waals surface area contributed by atoms with Crippen molar-refractivity contribution in [1.82, 2.24) is 0 Å². The van der Waals surface area contributed by atoms with E-state index < -0.39 is 24.8 Å². The second kappa shape index (κ2) is 18.8. The molecule has 0 rings (SSSR count). The first kappa shape index (κ1) is 26.7. The van der Waals surface area contributed by atoms with Crippen LogP contribution in [0.3, 0.4) is 0 Å². The Kier molecular flexibility index (Phi) is 21.9. The number of rotatable bonds is 12. The Morgan fingerprint density at radius 3 is 1.17 bits per heavy atom. The first-order valence-electron chi connectivity index (χ1n) is 7.76. The molecule has 0 heterocycles. The molecule has 0 spiro atoms. The quantitative estimate of drug-likeness (QED) is 0.278. The number of carboxylic acids is 2. The number of carboxylic acid groups (broad SMARTS) is 2. The molecule has 0 aliphatic carbocycles. The summed E-state index contributed by atoms with van der Waals surface area (Å²) in [6.07, 6.45) is 5.54. The molecule has 0 saturated carbocycles. The maximum atomic E-state index is 10.7. The van der Waals surface area contributed by atoms with Gasteiger partial charge in [0.05, 0.1) is 0 Å². The number of hydrogen-bond acceptors (Lipinski definition) is 6. The topological polar surface area (TPSA) is 114 Å². The third-order valence-electron chi connectivity index (χ3n) is 2.80. The van der Waals surface area contributed by atoms with E-state index in [1.807, 2.05) is 13.8 Å². The predicted octanol–water partition coefficient (Wildman–Crippen LogP) is 0.549. The van der Waals surface area contributed by atoms with E-state index in [1.165, 1.54) is 0 Å². The number of unbranched alkanes of at least 4 members (excludes halogenated alkanes) is 4. The molecule has 6 nitrogen and oxygen atoms in total. The molecule has 0 unspecified atom stereocenters. The molecule has 0 aliphatic rings. The Morgan fingerprint density at radius 1 is 0.652 bits per heavy atom. The van der Waals surface area contributed by atoms with Gasteiger partial charge in [0.25, 0.3) is 0 Å². The van der Waals surface area contributed by atoms with E-state index in [9.17, 15) is 29.4 Å². The molecular formula is C16H26CuO6. The monoisotopic (exact) mass is 377 g/mol. The minimum absolute atomic E-state index is 0. The maximum absolute atomic E-state index is 10.7. The summed E-state index contributed by atoms with van der Waals surface area (Å²) in [5.74, 6) is -2.99. The van der Waals surface area contributed by atoms with Crippen molar-refractivity contribution in [2.24, 2.45) is 0 Å². The molecule has 0 saturated heterocycles. The smallest absolute Gasteiger partial charge is 0.550 e. The van der Waals surface area contributed by atoms with E-state index >= 15 is 0 Å². The Bertz CT molecular complexity index is 320. The Hall–Kier alpha value is -1.20. The van der Waals surface area contributed by atoms with E-state index in [4.69, 9.17) is 0 Å². The van der Waals surface area contributed by atoms with Gasteiger partial charge in [-0.05, 0) is 12.8 Å². The molecule has 0 aromatic heterocycles. The fraction of sp³-hybridized carbons (Fsp3) is 0.750. The van der Waals surface area contributed by atoms with Crippen LogP contribution >= 0.6 is 0 Å². The van der Waals surface area contributed by atoms with Gasteiger partial charge in [0, 0.05) is 37.6 Å². The summed E-state index contributed by atoms with van der Waals surface area (Å²) in [5.41, 5.74) is 0. The van der Waals surface area contributed by atoms with Crippen molar-refractivity contribution in [3.8, 4) is 0 Å². The summed E-state index contributed by atoms with van der Waals surface area (Å²) in [6, 6.07) is 0. The summed E-state index contributed by atoms with van der Waals surface area (Å²) < 4.78 is 0. The number of carbonyl (C=O) groups is 4. The van der Waals surface area contributed by atoms with Crippen LogP contribution < -0.4 is 10.2 Å². The third kappa shape index (κ3) is 26.0. The molecule has 0 aromatic carbocycles. The van der Waals surface area contributed by atoms with Gasteiger partial charge in [-0.1, -0.05) is 39.5 Å². The fourth-order valence-corrected chi connectivity index (χ4v) is 1.64. The molecule has 1 radical (unpaired) electrons. The first-order chi connectivity index (χ1) is 10.3. The number of aliphatic carboxylic acids is 2. The average molecular weight is 378 g/mol. The third-order valence-corrected chi connectivity index (χ3v) is 2.80. The molecule has 0 fully saturated rings. The minimum atomic E-state index is -1.27. The SMILES string of the molecule is CCCCCC(=O)CC(=O)[O-].CCCCCC(=O)CC(=O)[O-].[Cu+2]. The van der Waals surface area contributed by atoms with E-state index in [0.29, 0.717) is 12.8 Å². The summed E-state index contributed by atoms with van der Waals surface area (Å²) in [6.45, 7) is 4.06. The average Bonchev–Trinajstić information content (AvgIpc) is 2.38. The van der Waals surface area contributed by atoms with Crippen LogP contribution in [0.1, 0.15) is 78.1 Å². The van der Waals surface area contributed by atoms with Crippen LogP contribution in [0.25, 0.3) is 0 Å². The van der Waals surface area contributed by atoms with E-state index in [2.05, 4.69) is 0 Å². The van der Waals surface area contributed by atoms with Gasteiger partial charge in [0.2, 0.25) is 0 Å². The van der Waals surface area contributed by atoms with Crippen molar-refractivity contribution in [2.75, 3.05) is 0 Å². The van der Waals surface area contributed by atoms with Crippen LogP contribution in [0.2, 0.25) is 0 Å². The van der Waals surface area contributed by atoms with Crippen molar-refractivity contribution in [3.05, 3.63) is 0 Å². The number of carbonyl (C=O) groups excluding carboxylic acids is 4. The molecule has 0 amide bonds. The van der Waals surface area contributed by atoms with Gasteiger partial charge < -0.3 is 19.8 Å². The molecule has 23 heavy (non-hydrogen) atoms. The molecule has 137 valence electrons. The van der Waals surface area contributed by atoms with Crippen LogP contribution in [-0.2, 0) is 36.2 Å². The zero-order valence-electron chi connectivity index (χ0n) is 13.8. The second-order valence-corrected chi connectivity index (χ2v) is 5.09. The molecular weight excluding hydrogens is 352 g/mol. The van der Waals surface area contributed by atoms with E-state index in [-0.39, 0.29) is 28.6 Å². The van der Waals surface area contributed by atoms with Crippen LogP contribution in [0, 0.1) is 0 Å². The molecule has 0 aliphatic heterocycles. The fourth-order valence-electron chi connectivity index (χ4n) is 1.64.